The van der Waals surface area contributed by atoms with Gasteiger partial charge in [-0.2, -0.15) is 0 Å². The van der Waals surface area contributed by atoms with E-state index in [4.69, 9.17) is 14.5 Å². The van der Waals surface area contributed by atoms with E-state index in [-0.39, 0.29) is 22.6 Å². The molecule has 2 aliphatic rings. The lowest BCUT2D eigenvalue weighted by Gasteiger charge is -2.28. The van der Waals surface area contributed by atoms with Crippen molar-refractivity contribution < 1.29 is 19.1 Å². The van der Waals surface area contributed by atoms with Crippen LogP contribution in [-0.4, -0.2) is 30.2 Å². The predicted molar refractivity (Wildman–Crippen MR) is 162 cm³/mol. The Balaban J connectivity index is 1.76. The molecule has 0 radical (unpaired) electrons. The van der Waals surface area contributed by atoms with Gasteiger partial charge in [0.2, 0.25) is 0 Å². The Hall–Kier alpha value is -4.02. The van der Waals surface area contributed by atoms with Crippen LogP contribution < -0.4 is 24.9 Å². The van der Waals surface area contributed by atoms with Gasteiger partial charge >= 0.3 is 5.97 Å². The number of benzene rings is 3. The molecule has 1 amide bonds. The summed E-state index contributed by atoms with van der Waals surface area (Å²) in [5, 5.41) is 4.63. The minimum atomic E-state index is -0.881. The summed E-state index contributed by atoms with van der Waals surface area (Å²) >= 11 is 4.63. The lowest BCUT2D eigenvalue weighted by Crippen LogP contribution is -2.41. The van der Waals surface area contributed by atoms with E-state index in [0.29, 0.717) is 45.1 Å². The number of methoxy groups -OCH3 is 1. The van der Waals surface area contributed by atoms with Crippen molar-refractivity contribution in [1.29, 1.82) is 0 Å². The first-order chi connectivity index (χ1) is 19.9. The standard InChI is InChI=1S/C31H26BrN3O5S/c1-4-8-21-25(30(38)40-5-2)26(23-18-10-7-6-9-16(18)11-14-22(23)39-3)35-29(37)27(41-31(35)34-21)24-19-15-17(32)12-13-20(19)33-28(24)36/h6-7,9-15,26H,4-5,8H2,1-3H3,(H,33,36)/b27-24-/t26-/m1/s1. The zero-order valence-corrected chi connectivity index (χ0v) is 25.0. The maximum atomic E-state index is 14.4. The average molecular weight is 633 g/mol. The minimum Gasteiger partial charge on any atom is -0.496 e. The minimum absolute atomic E-state index is 0.168. The van der Waals surface area contributed by atoms with Crippen molar-refractivity contribution in [2.75, 3.05) is 19.0 Å². The van der Waals surface area contributed by atoms with E-state index >= 15 is 0 Å². The van der Waals surface area contributed by atoms with E-state index in [1.165, 1.54) is 4.57 Å². The number of hydrogen-bond donors (Lipinski definition) is 1. The summed E-state index contributed by atoms with van der Waals surface area (Å²) in [4.78, 5) is 46.6. The van der Waals surface area contributed by atoms with Gasteiger partial charge in [0, 0.05) is 21.3 Å². The summed E-state index contributed by atoms with van der Waals surface area (Å²) in [6, 6.07) is 16.1. The van der Waals surface area contributed by atoms with Crippen LogP contribution in [0.4, 0.5) is 5.69 Å². The van der Waals surface area contributed by atoms with E-state index < -0.39 is 17.6 Å². The number of nitrogens with zero attached hydrogens (tertiary/aromatic N) is 2. The highest BCUT2D eigenvalue weighted by molar-refractivity contribution is 9.10. The normalized spacial score (nSPS) is 17.2. The highest BCUT2D eigenvalue weighted by atomic mass is 79.9. The number of allylic oxidation sites excluding steroid dienone is 1. The molecule has 3 aromatic carbocycles. The van der Waals surface area contributed by atoms with E-state index in [2.05, 4.69) is 21.2 Å². The molecule has 0 saturated carbocycles. The SMILES string of the molecule is CCCC1=C(C(=O)OCC)[C@@H](c2c(OC)ccc3ccccc23)n2c(s/c(=C3\C(=O)Nc4ccc(Br)cc43)c2=O)=N1. The molecule has 0 unspecified atom stereocenters. The zero-order valence-electron chi connectivity index (χ0n) is 22.6. The Bertz CT molecular complexity index is 1970. The Morgan fingerprint density at radius 2 is 1.93 bits per heavy atom. The number of amides is 1. The van der Waals surface area contributed by atoms with Crippen molar-refractivity contribution in [3.8, 4) is 5.75 Å². The summed E-state index contributed by atoms with van der Waals surface area (Å²) in [6.07, 6.45) is 1.23. The second kappa shape index (κ2) is 10.8. The number of hydrogen-bond acceptors (Lipinski definition) is 7. The van der Waals surface area contributed by atoms with E-state index in [0.717, 1.165) is 33.0 Å². The number of halogens is 1. The molecule has 6 rings (SSSR count). The summed E-state index contributed by atoms with van der Waals surface area (Å²) in [7, 11) is 1.57. The van der Waals surface area contributed by atoms with Gasteiger partial charge in [-0.05, 0) is 48.4 Å². The molecule has 0 bridgehead atoms. The number of anilines is 1. The van der Waals surface area contributed by atoms with Crippen LogP contribution in [0.15, 0.2) is 80.1 Å². The number of thiazole rings is 1. The Kier molecular flexibility index (Phi) is 7.13. The lowest BCUT2D eigenvalue weighted by atomic mass is 9.90. The Morgan fingerprint density at radius 3 is 2.68 bits per heavy atom. The van der Waals surface area contributed by atoms with Crippen molar-refractivity contribution in [3.63, 3.8) is 0 Å². The number of rotatable bonds is 6. The fourth-order valence-electron chi connectivity index (χ4n) is 5.54. The van der Waals surface area contributed by atoms with Crippen molar-refractivity contribution in [2.45, 2.75) is 32.7 Å². The molecule has 4 aromatic rings. The first-order valence-electron chi connectivity index (χ1n) is 13.3. The monoisotopic (exact) mass is 631 g/mol. The number of carbonyl (C=O) groups is 2. The Labute approximate surface area is 247 Å². The third-order valence-electron chi connectivity index (χ3n) is 7.25. The van der Waals surface area contributed by atoms with Crippen LogP contribution in [0, 0.1) is 0 Å². The maximum absolute atomic E-state index is 14.4. The number of nitrogens with one attached hydrogen (secondary N) is 1. The van der Waals surface area contributed by atoms with Crippen LogP contribution in [0.25, 0.3) is 16.3 Å². The third kappa shape index (κ3) is 4.42. The maximum Gasteiger partial charge on any atom is 0.338 e. The molecule has 2 aliphatic heterocycles. The molecular formula is C31H26BrN3O5S. The quantitative estimate of drug-likeness (QED) is 0.308. The highest BCUT2D eigenvalue weighted by Crippen LogP contribution is 2.41. The number of fused-ring (bicyclic) bond motifs is 3. The van der Waals surface area contributed by atoms with Gasteiger partial charge in [0.05, 0.1) is 30.6 Å². The van der Waals surface area contributed by atoms with Crippen molar-refractivity contribution in [1.82, 2.24) is 4.57 Å². The molecule has 1 atom stereocenters. The van der Waals surface area contributed by atoms with Gasteiger partial charge in [0.1, 0.15) is 16.3 Å². The van der Waals surface area contributed by atoms with Gasteiger partial charge in [-0.25, -0.2) is 9.79 Å². The van der Waals surface area contributed by atoms with Crippen LogP contribution in [-0.2, 0) is 14.3 Å². The predicted octanol–water partition coefficient (Wildman–Crippen LogP) is 4.83. The molecule has 8 nitrogen and oxygen atoms in total. The second-order valence-electron chi connectivity index (χ2n) is 9.66. The van der Waals surface area contributed by atoms with Crippen molar-refractivity contribution in [2.24, 2.45) is 4.99 Å². The topological polar surface area (TPSA) is 99.0 Å². The second-order valence-corrected chi connectivity index (χ2v) is 11.5. The van der Waals surface area contributed by atoms with Crippen LogP contribution >= 0.6 is 27.3 Å². The van der Waals surface area contributed by atoms with Gasteiger partial charge in [0.15, 0.2) is 4.80 Å². The molecule has 0 saturated heterocycles. The molecule has 1 aromatic heterocycles. The summed E-state index contributed by atoms with van der Waals surface area (Å²) in [5.41, 5.74) is 2.65. The lowest BCUT2D eigenvalue weighted by molar-refractivity contribution is -0.139. The highest BCUT2D eigenvalue weighted by Gasteiger charge is 2.38. The largest absolute Gasteiger partial charge is 0.496 e. The van der Waals surface area contributed by atoms with Crippen LogP contribution in [0.3, 0.4) is 0 Å². The number of aromatic nitrogens is 1. The fraction of sp³-hybridized carbons (Fsp3) is 0.226. The smallest absolute Gasteiger partial charge is 0.338 e. The zero-order chi connectivity index (χ0) is 28.8. The van der Waals surface area contributed by atoms with Gasteiger partial charge in [-0.15, -0.1) is 0 Å². The van der Waals surface area contributed by atoms with Gasteiger partial charge < -0.3 is 14.8 Å². The number of carbonyl (C=O) groups excluding carboxylic acids is 2. The molecule has 208 valence electrons. The molecule has 0 spiro atoms. The molecule has 3 heterocycles. The van der Waals surface area contributed by atoms with Crippen LogP contribution in [0.2, 0.25) is 0 Å². The van der Waals surface area contributed by atoms with Gasteiger partial charge in [0.25, 0.3) is 11.5 Å². The van der Waals surface area contributed by atoms with Gasteiger partial charge in [-0.3, -0.25) is 14.2 Å². The molecule has 0 aliphatic carbocycles. The Morgan fingerprint density at radius 1 is 1.12 bits per heavy atom. The van der Waals surface area contributed by atoms with Crippen molar-refractivity contribution in [3.05, 3.63) is 101 Å². The number of ether oxygens (including phenoxy) is 2. The van der Waals surface area contributed by atoms with Crippen LogP contribution in [0.5, 0.6) is 5.75 Å². The summed E-state index contributed by atoms with van der Waals surface area (Å²) < 4.78 is 13.9. The molecule has 10 heteroatoms. The molecule has 1 N–H and O–H groups in total. The average Bonchev–Trinajstić information content (AvgIpc) is 3.46. The van der Waals surface area contributed by atoms with E-state index in [1.54, 1.807) is 20.1 Å². The molecule has 41 heavy (non-hydrogen) atoms. The molecular weight excluding hydrogens is 606 g/mol. The summed E-state index contributed by atoms with van der Waals surface area (Å²) in [5.74, 6) is -0.369. The van der Waals surface area contributed by atoms with E-state index in [9.17, 15) is 14.4 Å². The van der Waals surface area contributed by atoms with E-state index in [1.807, 2.05) is 55.5 Å². The first kappa shape index (κ1) is 27.2. The summed E-state index contributed by atoms with van der Waals surface area (Å²) in [6.45, 7) is 3.92. The van der Waals surface area contributed by atoms with Crippen LogP contribution in [0.1, 0.15) is 43.9 Å². The van der Waals surface area contributed by atoms with Crippen molar-refractivity contribution >= 4 is 61.2 Å². The number of esters is 1. The fourth-order valence-corrected chi connectivity index (χ4v) is 7.02. The third-order valence-corrected chi connectivity index (χ3v) is 8.79. The first-order valence-corrected chi connectivity index (χ1v) is 14.9. The van der Waals surface area contributed by atoms with Gasteiger partial charge in [-0.1, -0.05) is 70.9 Å². The molecule has 0 fully saturated rings.